The number of anilines is 1. The summed E-state index contributed by atoms with van der Waals surface area (Å²) in [6.45, 7) is 0. The predicted molar refractivity (Wildman–Crippen MR) is 57.9 cm³/mol. The molecule has 0 amide bonds. The van der Waals surface area contributed by atoms with E-state index in [0.29, 0.717) is 10.7 Å². The third-order valence-corrected chi connectivity index (χ3v) is 2.37. The highest BCUT2D eigenvalue weighted by molar-refractivity contribution is 6.30. The van der Waals surface area contributed by atoms with Crippen LogP contribution < -0.4 is 5.73 Å². The average Bonchev–Trinajstić information content (AvgIpc) is 2.61. The van der Waals surface area contributed by atoms with Gasteiger partial charge >= 0.3 is 0 Å². The second-order valence-electron chi connectivity index (χ2n) is 3.17. The number of nitrogens with two attached hydrogens (primary N) is 1. The zero-order valence-corrected chi connectivity index (χ0v) is 8.83. The van der Waals surface area contributed by atoms with Crippen LogP contribution in [-0.2, 0) is 0 Å². The van der Waals surface area contributed by atoms with Gasteiger partial charge < -0.3 is 5.73 Å². The molecule has 0 aliphatic carbocycles. The van der Waals surface area contributed by atoms with Crippen LogP contribution in [0, 0.1) is 0 Å². The number of hydrogen-bond donors (Lipinski definition) is 1. The molecule has 0 aliphatic rings. The summed E-state index contributed by atoms with van der Waals surface area (Å²) in [6.07, 6.45) is -1.46. The Kier molecular flexibility index (Phi) is 2.78. The standard InChI is InChI=1S/C10H8ClF2N3/c11-6-1-3-7(4-2-6)16-9(10(12)13)8(14)5-15-16/h1-5,10H,14H2. The minimum absolute atomic E-state index is 0.0232. The predicted octanol–water partition coefficient (Wildman–Crippen LogP) is 3.05. The lowest BCUT2D eigenvalue weighted by atomic mass is 10.3. The largest absolute Gasteiger partial charge is 0.396 e. The summed E-state index contributed by atoms with van der Waals surface area (Å²) in [6, 6.07) is 6.40. The summed E-state index contributed by atoms with van der Waals surface area (Å²) in [7, 11) is 0. The van der Waals surface area contributed by atoms with Crippen LogP contribution in [0.15, 0.2) is 30.5 Å². The lowest BCUT2D eigenvalue weighted by molar-refractivity contribution is 0.143. The summed E-state index contributed by atoms with van der Waals surface area (Å²) in [5.41, 5.74) is 5.59. The normalized spacial score (nSPS) is 11.0. The monoisotopic (exact) mass is 243 g/mol. The molecule has 16 heavy (non-hydrogen) atoms. The molecule has 2 rings (SSSR count). The number of aromatic nitrogens is 2. The molecule has 0 atom stereocenters. The molecule has 0 unspecified atom stereocenters. The molecule has 0 aliphatic heterocycles. The van der Waals surface area contributed by atoms with Crippen LogP contribution in [0.4, 0.5) is 14.5 Å². The van der Waals surface area contributed by atoms with Crippen LogP contribution in [0.3, 0.4) is 0 Å². The smallest absolute Gasteiger partial charge is 0.282 e. The van der Waals surface area contributed by atoms with Gasteiger partial charge in [0.15, 0.2) is 0 Å². The first-order chi connectivity index (χ1) is 7.59. The molecule has 1 heterocycles. The lowest BCUT2D eigenvalue weighted by Gasteiger charge is -2.07. The van der Waals surface area contributed by atoms with Crippen molar-refractivity contribution in [2.24, 2.45) is 0 Å². The van der Waals surface area contributed by atoms with Crippen molar-refractivity contribution >= 4 is 17.3 Å². The molecule has 0 saturated carbocycles. The second kappa shape index (κ2) is 4.09. The Morgan fingerprint density at radius 1 is 1.25 bits per heavy atom. The number of nitrogens with zero attached hydrogens (tertiary/aromatic N) is 2. The van der Waals surface area contributed by atoms with Crippen molar-refractivity contribution < 1.29 is 8.78 Å². The number of benzene rings is 1. The molecule has 2 N–H and O–H groups in total. The third kappa shape index (κ3) is 1.86. The molecule has 1 aromatic heterocycles. The molecule has 2 aromatic rings. The zero-order chi connectivity index (χ0) is 11.7. The highest BCUT2D eigenvalue weighted by Crippen LogP contribution is 2.27. The van der Waals surface area contributed by atoms with Gasteiger partial charge in [-0.15, -0.1) is 0 Å². The van der Waals surface area contributed by atoms with E-state index in [2.05, 4.69) is 5.10 Å². The molecular formula is C10H8ClF2N3. The topological polar surface area (TPSA) is 43.8 Å². The molecule has 0 saturated heterocycles. The van der Waals surface area contributed by atoms with Crippen LogP contribution in [0.2, 0.25) is 5.02 Å². The second-order valence-corrected chi connectivity index (χ2v) is 3.61. The molecular weight excluding hydrogens is 236 g/mol. The first-order valence-electron chi connectivity index (χ1n) is 4.47. The van der Waals surface area contributed by atoms with Crippen LogP contribution in [0.5, 0.6) is 0 Å². The first-order valence-corrected chi connectivity index (χ1v) is 4.85. The SMILES string of the molecule is Nc1cnn(-c2ccc(Cl)cc2)c1C(F)F. The van der Waals surface area contributed by atoms with Crippen molar-refractivity contribution in [1.29, 1.82) is 0 Å². The van der Waals surface area contributed by atoms with Crippen LogP contribution in [0.25, 0.3) is 5.69 Å². The summed E-state index contributed by atoms with van der Waals surface area (Å²) < 4.78 is 26.5. The fourth-order valence-corrected chi connectivity index (χ4v) is 1.50. The first kappa shape index (κ1) is 10.9. The van der Waals surface area contributed by atoms with E-state index in [1.165, 1.54) is 6.20 Å². The summed E-state index contributed by atoms with van der Waals surface area (Å²) in [5, 5.41) is 4.34. The Labute approximate surface area is 95.4 Å². The zero-order valence-electron chi connectivity index (χ0n) is 8.07. The van der Waals surface area contributed by atoms with Crippen LogP contribution in [-0.4, -0.2) is 9.78 Å². The summed E-state index contributed by atoms with van der Waals surface area (Å²) in [5.74, 6) is 0. The lowest BCUT2D eigenvalue weighted by Crippen LogP contribution is -2.04. The fraction of sp³-hybridized carbons (Fsp3) is 0.100. The number of rotatable bonds is 2. The van der Waals surface area contributed by atoms with Crippen molar-refractivity contribution in [3.05, 3.63) is 41.2 Å². The van der Waals surface area contributed by atoms with E-state index < -0.39 is 6.43 Å². The summed E-state index contributed by atoms with van der Waals surface area (Å²) >= 11 is 5.70. The molecule has 3 nitrogen and oxygen atoms in total. The Hall–Kier alpha value is -1.62. The number of hydrogen-bond acceptors (Lipinski definition) is 2. The van der Waals surface area contributed by atoms with Crippen molar-refractivity contribution in [2.45, 2.75) is 6.43 Å². The maximum Gasteiger partial charge on any atom is 0.282 e. The number of halogens is 3. The van der Waals surface area contributed by atoms with E-state index in [1.807, 2.05) is 0 Å². The van der Waals surface area contributed by atoms with Gasteiger partial charge in [-0.3, -0.25) is 0 Å². The molecule has 0 radical (unpaired) electrons. The molecule has 0 bridgehead atoms. The maximum absolute atomic E-state index is 12.7. The van der Waals surface area contributed by atoms with Crippen LogP contribution >= 0.6 is 11.6 Å². The molecule has 0 fully saturated rings. The number of alkyl halides is 2. The number of nitrogen functional groups attached to an aromatic ring is 1. The van der Waals surface area contributed by atoms with Gasteiger partial charge in [-0.1, -0.05) is 11.6 Å². The highest BCUT2D eigenvalue weighted by Gasteiger charge is 2.19. The van der Waals surface area contributed by atoms with E-state index in [1.54, 1.807) is 24.3 Å². The van der Waals surface area contributed by atoms with E-state index in [4.69, 9.17) is 17.3 Å². The molecule has 1 aromatic carbocycles. The Bertz CT molecular complexity index is 493. The molecule has 84 valence electrons. The van der Waals surface area contributed by atoms with E-state index in [9.17, 15) is 8.78 Å². The minimum atomic E-state index is -2.67. The van der Waals surface area contributed by atoms with Crippen molar-refractivity contribution in [1.82, 2.24) is 9.78 Å². The molecule has 6 heteroatoms. The van der Waals surface area contributed by atoms with Gasteiger partial charge in [-0.25, -0.2) is 13.5 Å². The highest BCUT2D eigenvalue weighted by atomic mass is 35.5. The fourth-order valence-electron chi connectivity index (χ4n) is 1.38. The third-order valence-electron chi connectivity index (χ3n) is 2.11. The Morgan fingerprint density at radius 2 is 1.88 bits per heavy atom. The van der Waals surface area contributed by atoms with Gasteiger partial charge in [0.05, 0.1) is 17.6 Å². The maximum atomic E-state index is 12.7. The van der Waals surface area contributed by atoms with Gasteiger partial charge in [-0.05, 0) is 24.3 Å². The van der Waals surface area contributed by atoms with E-state index in [-0.39, 0.29) is 11.4 Å². The van der Waals surface area contributed by atoms with Crippen LogP contribution in [0.1, 0.15) is 12.1 Å². The van der Waals surface area contributed by atoms with Gasteiger partial charge in [0.25, 0.3) is 6.43 Å². The van der Waals surface area contributed by atoms with Gasteiger partial charge in [-0.2, -0.15) is 5.10 Å². The van der Waals surface area contributed by atoms with Crippen molar-refractivity contribution in [3.63, 3.8) is 0 Å². The van der Waals surface area contributed by atoms with Gasteiger partial charge in [0.1, 0.15) is 5.69 Å². The van der Waals surface area contributed by atoms with E-state index >= 15 is 0 Å². The van der Waals surface area contributed by atoms with Crippen molar-refractivity contribution in [3.8, 4) is 5.69 Å². The Balaban J connectivity index is 2.52. The van der Waals surface area contributed by atoms with Gasteiger partial charge in [0, 0.05) is 5.02 Å². The quantitative estimate of drug-likeness (QED) is 0.881. The Morgan fingerprint density at radius 3 is 2.44 bits per heavy atom. The minimum Gasteiger partial charge on any atom is -0.396 e. The van der Waals surface area contributed by atoms with E-state index in [0.717, 1.165) is 4.68 Å². The summed E-state index contributed by atoms with van der Waals surface area (Å²) in [4.78, 5) is 0. The van der Waals surface area contributed by atoms with Crippen molar-refractivity contribution in [2.75, 3.05) is 5.73 Å². The average molecular weight is 244 g/mol. The van der Waals surface area contributed by atoms with Gasteiger partial charge in [0.2, 0.25) is 0 Å². The molecule has 0 spiro atoms.